The number of hydrogen-bond acceptors (Lipinski definition) is 2. The van der Waals surface area contributed by atoms with Crippen LogP contribution in [0.5, 0.6) is 0 Å². The molecule has 2 saturated heterocycles. The van der Waals surface area contributed by atoms with E-state index in [2.05, 4.69) is 39.5 Å². The fourth-order valence-corrected chi connectivity index (χ4v) is 5.62. The van der Waals surface area contributed by atoms with Gasteiger partial charge in [-0.2, -0.15) is 0 Å². The molecule has 4 unspecified atom stereocenters. The van der Waals surface area contributed by atoms with Crippen LogP contribution in [0.25, 0.3) is 0 Å². The van der Waals surface area contributed by atoms with E-state index in [4.69, 9.17) is 4.74 Å². The first-order valence-corrected chi connectivity index (χ1v) is 9.91. The van der Waals surface area contributed by atoms with Crippen LogP contribution in [0.3, 0.4) is 0 Å². The molecule has 0 bridgehead atoms. The Morgan fingerprint density at radius 3 is 3.04 bits per heavy atom. The van der Waals surface area contributed by atoms with Crippen molar-refractivity contribution in [3.05, 3.63) is 35.4 Å². The Bertz CT molecular complexity index is 686. The highest BCUT2D eigenvalue weighted by molar-refractivity contribution is 14.0. The Balaban J connectivity index is 0.00000168. The minimum absolute atomic E-state index is 0. The highest BCUT2D eigenvalue weighted by Gasteiger charge is 2.52. The second-order valence-electron chi connectivity index (χ2n) is 8.49. The molecule has 1 N–H and O–H groups in total. The van der Waals surface area contributed by atoms with Crippen LogP contribution in [0.4, 0.5) is 0 Å². The fraction of sp³-hybridized carbons (Fsp3) is 0.667. The monoisotopic (exact) mass is 467 g/mol. The maximum atomic E-state index is 5.66. The van der Waals surface area contributed by atoms with Crippen molar-refractivity contribution < 1.29 is 4.74 Å². The number of rotatable bonds is 2. The molecule has 1 spiro atoms. The summed E-state index contributed by atoms with van der Waals surface area (Å²) in [6.07, 6.45) is 5.08. The second kappa shape index (κ2) is 7.30. The maximum absolute atomic E-state index is 5.66. The first-order valence-electron chi connectivity index (χ1n) is 9.91. The van der Waals surface area contributed by atoms with E-state index >= 15 is 0 Å². The van der Waals surface area contributed by atoms with Crippen molar-refractivity contribution in [1.29, 1.82) is 0 Å². The lowest BCUT2D eigenvalue weighted by Crippen LogP contribution is -2.42. The van der Waals surface area contributed by atoms with Crippen molar-refractivity contribution in [2.75, 3.05) is 39.9 Å². The van der Waals surface area contributed by atoms with Crippen LogP contribution in [0.1, 0.15) is 36.3 Å². The van der Waals surface area contributed by atoms with Crippen molar-refractivity contribution in [2.24, 2.45) is 22.2 Å². The standard InChI is InChI=1S/C21H29N3O.HI/c1-22-20(24-10-8-21(13-24)9-11-25-14-21)23-12-18-17-7-6-15-4-2-3-5-16(15)19(17)18;/h2-5,17-19H,6-14H2,1H3,(H,22,23);1H. The predicted molar refractivity (Wildman–Crippen MR) is 115 cm³/mol. The molecular weight excluding hydrogens is 437 g/mol. The van der Waals surface area contributed by atoms with Gasteiger partial charge >= 0.3 is 0 Å². The number of ether oxygens (including phenoxy) is 1. The summed E-state index contributed by atoms with van der Waals surface area (Å²) >= 11 is 0. The Morgan fingerprint density at radius 1 is 1.35 bits per heavy atom. The van der Waals surface area contributed by atoms with E-state index in [1.165, 1.54) is 25.7 Å². The average molecular weight is 467 g/mol. The smallest absolute Gasteiger partial charge is 0.193 e. The molecular formula is C21H30IN3O. The molecule has 2 aliphatic carbocycles. The molecule has 0 aromatic heterocycles. The normalized spacial score (nSPS) is 35.0. The van der Waals surface area contributed by atoms with Crippen LogP contribution in [-0.2, 0) is 11.2 Å². The number of likely N-dealkylation sites (tertiary alicyclic amines) is 1. The molecule has 0 amide bonds. The number of guanidine groups is 1. The van der Waals surface area contributed by atoms with Crippen molar-refractivity contribution in [1.82, 2.24) is 10.2 Å². The average Bonchev–Trinajstić information content (AvgIpc) is 2.97. The predicted octanol–water partition coefficient (Wildman–Crippen LogP) is 3.27. The molecule has 0 radical (unpaired) electrons. The zero-order valence-corrected chi connectivity index (χ0v) is 17.9. The summed E-state index contributed by atoms with van der Waals surface area (Å²) in [5.74, 6) is 3.55. The Hall–Kier alpha value is -0.820. The van der Waals surface area contributed by atoms with Gasteiger partial charge in [0.1, 0.15) is 0 Å². The number of benzene rings is 1. The van der Waals surface area contributed by atoms with Crippen LogP contribution in [0.15, 0.2) is 29.3 Å². The van der Waals surface area contributed by atoms with Gasteiger partial charge in [-0.3, -0.25) is 4.99 Å². The molecule has 4 nitrogen and oxygen atoms in total. The van der Waals surface area contributed by atoms with Crippen LogP contribution in [0.2, 0.25) is 0 Å². The second-order valence-corrected chi connectivity index (χ2v) is 8.49. The van der Waals surface area contributed by atoms with Gasteiger partial charge in [0.2, 0.25) is 0 Å². The van der Waals surface area contributed by atoms with Gasteiger partial charge in [0.05, 0.1) is 6.61 Å². The van der Waals surface area contributed by atoms with Gasteiger partial charge in [-0.25, -0.2) is 0 Å². The van der Waals surface area contributed by atoms with Gasteiger partial charge in [0.15, 0.2) is 5.96 Å². The SMILES string of the molecule is CN=C(NCC1C2CCc3ccccc3C21)N1CCC2(CCOC2)C1.I. The third kappa shape index (κ3) is 3.15. The minimum atomic E-state index is 0. The van der Waals surface area contributed by atoms with Crippen molar-refractivity contribution >= 4 is 29.9 Å². The number of aryl methyl sites for hydroxylation is 1. The largest absolute Gasteiger partial charge is 0.381 e. The zero-order valence-electron chi connectivity index (χ0n) is 15.6. The fourth-order valence-electron chi connectivity index (χ4n) is 5.62. The number of nitrogens with one attached hydrogen (secondary N) is 1. The quantitative estimate of drug-likeness (QED) is 0.412. The summed E-state index contributed by atoms with van der Waals surface area (Å²) in [7, 11) is 1.92. The Kier molecular flexibility index (Phi) is 5.21. The lowest BCUT2D eigenvalue weighted by atomic mass is 9.87. The highest BCUT2D eigenvalue weighted by atomic mass is 127. The summed E-state index contributed by atoms with van der Waals surface area (Å²) < 4.78 is 5.66. The van der Waals surface area contributed by atoms with Gasteiger partial charge in [0.25, 0.3) is 0 Å². The molecule has 1 saturated carbocycles. The van der Waals surface area contributed by atoms with Gasteiger partial charge in [-0.05, 0) is 54.6 Å². The molecule has 4 atom stereocenters. The highest BCUT2D eigenvalue weighted by Crippen LogP contribution is 2.59. The van der Waals surface area contributed by atoms with E-state index in [9.17, 15) is 0 Å². The number of hydrogen-bond donors (Lipinski definition) is 1. The minimum Gasteiger partial charge on any atom is -0.381 e. The Labute approximate surface area is 173 Å². The number of nitrogens with zero attached hydrogens (tertiary/aromatic N) is 2. The van der Waals surface area contributed by atoms with E-state index in [1.54, 1.807) is 11.1 Å². The van der Waals surface area contributed by atoms with Gasteiger partial charge in [-0.1, -0.05) is 24.3 Å². The molecule has 26 heavy (non-hydrogen) atoms. The van der Waals surface area contributed by atoms with Crippen LogP contribution in [-0.4, -0.2) is 50.8 Å². The summed E-state index contributed by atoms with van der Waals surface area (Å²) in [5.41, 5.74) is 3.59. The summed E-state index contributed by atoms with van der Waals surface area (Å²) in [5, 5.41) is 3.70. The lowest BCUT2D eigenvalue weighted by molar-refractivity contribution is 0.156. The molecule has 4 aliphatic rings. The zero-order chi connectivity index (χ0) is 16.9. The van der Waals surface area contributed by atoms with Gasteiger partial charge in [-0.15, -0.1) is 24.0 Å². The van der Waals surface area contributed by atoms with Gasteiger partial charge in [0, 0.05) is 38.7 Å². The molecule has 2 aliphatic heterocycles. The number of aliphatic imine (C=N–C) groups is 1. The topological polar surface area (TPSA) is 36.9 Å². The van der Waals surface area contributed by atoms with Crippen LogP contribution in [0, 0.1) is 17.3 Å². The Morgan fingerprint density at radius 2 is 2.23 bits per heavy atom. The maximum Gasteiger partial charge on any atom is 0.193 e. The number of fused-ring (bicyclic) bond motifs is 3. The van der Waals surface area contributed by atoms with Crippen molar-refractivity contribution in [3.63, 3.8) is 0 Å². The molecule has 142 valence electrons. The van der Waals surface area contributed by atoms with E-state index in [0.717, 1.165) is 56.6 Å². The van der Waals surface area contributed by atoms with Crippen LogP contribution >= 0.6 is 24.0 Å². The summed E-state index contributed by atoms with van der Waals surface area (Å²) in [4.78, 5) is 7.03. The first kappa shape index (κ1) is 18.5. The van der Waals surface area contributed by atoms with E-state index in [1.807, 2.05) is 7.05 Å². The summed E-state index contributed by atoms with van der Waals surface area (Å²) in [6.45, 7) is 5.15. The molecule has 5 heteroatoms. The van der Waals surface area contributed by atoms with E-state index in [-0.39, 0.29) is 24.0 Å². The lowest BCUT2D eigenvalue weighted by Gasteiger charge is -2.25. The van der Waals surface area contributed by atoms with Gasteiger partial charge < -0.3 is 15.0 Å². The molecule has 3 fully saturated rings. The van der Waals surface area contributed by atoms with Crippen LogP contribution < -0.4 is 5.32 Å². The molecule has 2 heterocycles. The molecule has 5 rings (SSSR count). The van der Waals surface area contributed by atoms with E-state index in [0.29, 0.717) is 5.41 Å². The first-order chi connectivity index (χ1) is 12.3. The third-order valence-corrected chi connectivity index (χ3v) is 7.12. The molecule has 1 aromatic carbocycles. The van der Waals surface area contributed by atoms with Crippen molar-refractivity contribution in [3.8, 4) is 0 Å². The number of halogens is 1. The molecule has 1 aromatic rings. The third-order valence-electron chi connectivity index (χ3n) is 7.12. The van der Waals surface area contributed by atoms with Crippen molar-refractivity contribution in [2.45, 2.75) is 31.6 Å². The van der Waals surface area contributed by atoms with E-state index < -0.39 is 0 Å². The summed E-state index contributed by atoms with van der Waals surface area (Å²) in [6, 6.07) is 9.06.